The number of hydrogen-bond acceptors (Lipinski definition) is 2. The van der Waals surface area contributed by atoms with Crippen LogP contribution in [0.4, 0.5) is 0 Å². The fourth-order valence-corrected chi connectivity index (χ4v) is 2.75. The van der Waals surface area contributed by atoms with Crippen molar-refractivity contribution in [2.75, 3.05) is 6.54 Å². The highest BCUT2D eigenvalue weighted by molar-refractivity contribution is 7.89. The van der Waals surface area contributed by atoms with E-state index in [1.165, 1.54) is 6.20 Å². The van der Waals surface area contributed by atoms with Gasteiger partial charge in [0, 0.05) is 23.6 Å². The predicted molar refractivity (Wildman–Crippen MR) is 59.2 cm³/mol. The van der Waals surface area contributed by atoms with E-state index in [2.05, 4.69) is 9.71 Å². The number of aromatic amines is 1. The largest absolute Gasteiger partial charge is 0.360 e. The van der Waals surface area contributed by atoms with Crippen LogP contribution in [0, 0.1) is 0 Å². The second kappa shape index (κ2) is 3.67. The number of fused-ring (bicyclic) bond motifs is 1. The number of hydrogen-bond donors (Lipinski definition) is 2. The second-order valence-electron chi connectivity index (χ2n) is 3.20. The summed E-state index contributed by atoms with van der Waals surface area (Å²) in [5.41, 5.74) is 0.828. The third-order valence-electron chi connectivity index (χ3n) is 2.18. The highest BCUT2D eigenvalue weighted by Gasteiger charge is 2.16. The minimum absolute atomic E-state index is 0.306. The van der Waals surface area contributed by atoms with Gasteiger partial charge in [-0.25, -0.2) is 13.1 Å². The minimum atomic E-state index is -3.37. The molecule has 0 bridgehead atoms. The van der Waals surface area contributed by atoms with Crippen LogP contribution in [0.5, 0.6) is 0 Å². The molecule has 2 aromatic rings. The molecule has 1 heterocycles. The monoisotopic (exact) mass is 224 g/mol. The van der Waals surface area contributed by atoms with E-state index in [4.69, 9.17) is 0 Å². The number of rotatable bonds is 3. The molecule has 80 valence electrons. The maximum Gasteiger partial charge on any atom is 0.242 e. The van der Waals surface area contributed by atoms with E-state index in [9.17, 15) is 8.42 Å². The van der Waals surface area contributed by atoms with Crippen molar-refractivity contribution in [3.63, 3.8) is 0 Å². The molecule has 2 N–H and O–H groups in total. The molecule has 0 atom stereocenters. The first-order valence-electron chi connectivity index (χ1n) is 4.71. The summed E-state index contributed by atoms with van der Waals surface area (Å²) in [6, 6.07) is 7.32. The van der Waals surface area contributed by atoms with Crippen LogP contribution >= 0.6 is 0 Å². The molecular formula is C10H12N2O2S. The van der Waals surface area contributed by atoms with Crippen molar-refractivity contribution >= 4 is 20.9 Å². The zero-order chi connectivity index (χ0) is 10.9. The molecular weight excluding hydrogens is 212 g/mol. The van der Waals surface area contributed by atoms with Crippen LogP contribution in [-0.4, -0.2) is 19.9 Å². The van der Waals surface area contributed by atoms with Gasteiger partial charge >= 0.3 is 0 Å². The molecule has 0 aliphatic heterocycles. The third kappa shape index (κ3) is 1.75. The first-order valence-corrected chi connectivity index (χ1v) is 6.19. The van der Waals surface area contributed by atoms with Crippen LogP contribution in [0.15, 0.2) is 35.4 Å². The lowest BCUT2D eigenvalue weighted by Gasteiger charge is -2.01. The molecule has 0 spiro atoms. The summed E-state index contributed by atoms with van der Waals surface area (Å²) in [7, 11) is -3.37. The lowest BCUT2D eigenvalue weighted by molar-refractivity contribution is 0.585. The number of benzene rings is 1. The van der Waals surface area contributed by atoms with Crippen LogP contribution in [0.2, 0.25) is 0 Å². The van der Waals surface area contributed by atoms with Gasteiger partial charge in [-0.3, -0.25) is 0 Å². The summed E-state index contributed by atoms with van der Waals surface area (Å²) in [4.78, 5) is 3.24. The Hall–Kier alpha value is -1.33. The van der Waals surface area contributed by atoms with E-state index < -0.39 is 10.0 Å². The minimum Gasteiger partial charge on any atom is -0.360 e. The van der Waals surface area contributed by atoms with Gasteiger partial charge in [0.1, 0.15) is 4.90 Å². The molecule has 5 heteroatoms. The van der Waals surface area contributed by atoms with Crippen molar-refractivity contribution in [1.29, 1.82) is 0 Å². The average Bonchev–Trinajstić information content (AvgIpc) is 2.61. The molecule has 2 rings (SSSR count). The molecule has 1 aromatic heterocycles. The quantitative estimate of drug-likeness (QED) is 0.829. The van der Waals surface area contributed by atoms with Crippen molar-refractivity contribution in [3.05, 3.63) is 30.5 Å². The van der Waals surface area contributed by atoms with Crippen molar-refractivity contribution in [2.24, 2.45) is 0 Å². The van der Waals surface area contributed by atoms with Gasteiger partial charge in [0.15, 0.2) is 0 Å². The van der Waals surface area contributed by atoms with E-state index in [0.717, 1.165) is 10.9 Å². The number of H-pyrrole nitrogens is 1. The topological polar surface area (TPSA) is 62.0 Å². The van der Waals surface area contributed by atoms with Crippen molar-refractivity contribution in [1.82, 2.24) is 9.71 Å². The molecule has 0 saturated carbocycles. The van der Waals surface area contributed by atoms with Crippen molar-refractivity contribution < 1.29 is 8.42 Å². The Morgan fingerprint density at radius 1 is 1.33 bits per heavy atom. The van der Waals surface area contributed by atoms with Crippen LogP contribution in [0.3, 0.4) is 0 Å². The van der Waals surface area contributed by atoms with E-state index in [1.54, 1.807) is 13.0 Å². The molecule has 0 amide bonds. The fraction of sp³-hybridized carbons (Fsp3) is 0.200. The predicted octanol–water partition coefficient (Wildman–Crippen LogP) is 1.47. The zero-order valence-electron chi connectivity index (χ0n) is 8.32. The van der Waals surface area contributed by atoms with E-state index in [0.29, 0.717) is 11.4 Å². The lowest BCUT2D eigenvalue weighted by Crippen LogP contribution is -2.22. The van der Waals surface area contributed by atoms with E-state index in [-0.39, 0.29) is 0 Å². The van der Waals surface area contributed by atoms with Gasteiger partial charge in [0.25, 0.3) is 0 Å². The third-order valence-corrected chi connectivity index (χ3v) is 3.76. The van der Waals surface area contributed by atoms with E-state index in [1.807, 2.05) is 18.2 Å². The molecule has 0 fully saturated rings. The Morgan fingerprint density at radius 2 is 2.07 bits per heavy atom. The van der Waals surface area contributed by atoms with Gasteiger partial charge in [-0.2, -0.15) is 0 Å². The molecule has 0 aliphatic carbocycles. The highest BCUT2D eigenvalue weighted by Crippen LogP contribution is 2.21. The maximum absolute atomic E-state index is 11.8. The average molecular weight is 224 g/mol. The zero-order valence-corrected chi connectivity index (χ0v) is 9.14. The van der Waals surface area contributed by atoms with Crippen LogP contribution in [0.25, 0.3) is 10.9 Å². The Bertz CT molecular complexity index is 572. The van der Waals surface area contributed by atoms with Gasteiger partial charge in [-0.1, -0.05) is 25.1 Å². The Morgan fingerprint density at radius 3 is 2.80 bits per heavy atom. The van der Waals surface area contributed by atoms with Crippen LogP contribution < -0.4 is 4.72 Å². The maximum atomic E-state index is 11.8. The summed E-state index contributed by atoms with van der Waals surface area (Å²) in [6.07, 6.45) is 1.52. The van der Waals surface area contributed by atoms with Crippen LogP contribution in [0.1, 0.15) is 6.92 Å². The molecule has 0 aliphatic rings. The summed E-state index contributed by atoms with van der Waals surface area (Å²) in [6.45, 7) is 2.15. The molecule has 15 heavy (non-hydrogen) atoms. The Labute approximate surface area is 88.4 Å². The number of aromatic nitrogens is 1. The first kappa shape index (κ1) is 10.2. The second-order valence-corrected chi connectivity index (χ2v) is 4.94. The number of nitrogens with one attached hydrogen (secondary N) is 2. The van der Waals surface area contributed by atoms with Crippen molar-refractivity contribution in [2.45, 2.75) is 11.8 Å². The number of para-hydroxylation sites is 1. The molecule has 0 radical (unpaired) electrons. The standard InChI is InChI=1S/C10H12N2O2S/c1-2-12-15(13,14)10-7-11-9-6-4-3-5-8(9)10/h3-7,11-12H,2H2,1H3. The summed E-state index contributed by atoms with van der Waals surface area (Å²) in [5.74, 6) is 0. The van der Waals surface area contributed by atoms with Gasteiger partial charge in [0.05, 0.1) is 0 Å². The molecule has 0 unspecified atom stereocenters. The molecule has 0 saturated heterocycles. The molecule has 1 aromatic carbocycles. The van der Waals surface area contributed by atoms with Gasteiger partial charge < -0.3 is 4.98 Å². The first-order chi connectivity index (χ1) is 7.15. The van der Waals surface area contributed by atoms with Gasteiger partial charge in [-0.05, 0) is 6.07 Å². The fourth-order valence-electron chi connectivity index (χ4n) is 1.53. The highest BCUT2D eigenvalue weighted by atomic mass is 32.2. The Balaban J connectivity index is 2.63. The summed E-state index contributed by atoms with van der Waals surface area (Å²) in [5, 5.41) is 0.721. The van der Waals surface area contributed by atoms with Crippen molar-refractivity contribution in [3.8, 4) is 0 Å². The van der Waals surface area contributed by atoms with E-state index >= 15 is 0 Å². The molecule has 4 nitrogen and oxygen atoms in total. The summed E-state index contributed by atoms with van der Waals surface area (Å²) >= 11 is 0. The van der Waals surface area contributed by atoms with Gasteiger partial charge in [-0.15, -0.1) is 0 Å². The number of sulfonamides is 1. The van der Waals surface area contributed by atoms with Crippen LogP contribution in [-0.2, 0) is 10.0 Å². The van der Waals surface area contributed by atoms with Gasteiger partial charge in [0.2, 0.25) is 10.0 Å². The smallest absolute Gasteiger partial charge is 0.242 e. The normalized spacial score (nSPS) is 12.1. The summed E-state index contributed by atoms with van der Waals surface area (Å²) < 4.78 is 26.0. The Kier molecular flexibility index (Phi) is 2.50. The lowest BCUT2D eigenvalue weighted by atomic mass is 10.2. The SMILES string of the molecule is CCNS(=O)(=O)c1c[nH]c2ccccc12.